The second-order valence-corrected chi connectivity index (χ2v) is 5.35. The monoisotopic (exact) mass is 309 g/mol. The van der Waals surface area contributed by atoms with Crippen LogP contribution in [0.3, 0.4) is 0 Å². The van der Waals surface area contributed by atoms with Gasteiger partial charge in [-0.2, -0.15) is 0 Å². The van der Waals surface area contributed by atoms with Crippen LogP contribution in [0.1, 0.15) is 18.9 Å². The Kier molecular flexibility index (Phi) is 4.57. The summed E-state index contributed by atoms with van der Waals surface area (Å²) in [6.45, 7) is 2.71. The van der Waals surface area contributed by atoms with E-state index < -0.39 is 0 Å². The summed E-state index contributed by atoms with van der Waals surface area (Å²) in [5.41, 5.74) is 1.99. The average molecular weight is 309 g/mol. The van der Waals surface area contributed by atoms with E-state index in [-0.39, 0.29) is 5.91 Å². The molecule has 0 radical (unpaired) electrons. The van der Waals surface area contributed by atoms with Crippen molar-refractivity contribution >= 4 is 22.6 Å². The molecular formula is C18H19N3O2. The summed E-state index contributed by atoms with van der Waals surface area (Å²) in [5.74, 6) is 1.15. The van der Waals surface area contributed by atoms with Gasteiger partial charge >= 0.3 is 0 Å². The van der Waals surface area contributed by atoms with Crippen LogP contribution >= 0.6 is 0 Å². The van der Waals surface area contributed by atoms with Gasteiger partial charge in [0.1, 0.15) is 11.6 Å². The molecular weight excluding hydrogens is 290 g/mol. The summed E-state index contributed by atoms with van der Waals surface area (Å²) >= 11 is 0. The maximum atomic E-state index is 12.1. The van der Waals surface area contributed by atoms with Crippen molar-refractivity contribution in [3.05, 3.63) is 54.4 Å². The van der Waals surface area contributed by atoms with Gasteiger partial charge in [0.25, 0.3) is 0 Å². The van der Waals surface area contributed by atoms with Crippen molar-refractivity contribution in [2.75, 3.05) is 11.9 Å². The quantitative estimate of drug-likeness (QED) is 0.732. The third-order valence-corrected chi connectivity index (χ3v) is 3.46. The van der Waals surface area contributed by atoms with E-state index in [1.165, 1.54) is 0 Å². The Balaban J connectivity index is 1.60. The van der Waals surface area contributed by atoms with Gasteiger partial charge in [0.2, 0.25) is 5.91 Å². The van der Waals surface area contributed by atoms with Gasteiger partial charge < -0.3 is 15.0 Å². The number of carbonyl (C=O) groups excluding carboxylic acids is 1. The largest absolute Gasteiger partial charge is 0.492 e. The number of hydrogen-bond acceptors (Lipinski definition) is 3. The Bertz CT molecular complexity index is 793. The highest BCUT2D eigenvalue weighted by Crippen LogP contribution is 2.16. The van der Waals surface area contributed by atoms with Gasteiger partial charge in [0.15, 0.2) is 0 Å². The summed E-state index contributed by atoms with van der Waals surface area (Å²) in [5, 5.41) is 3.94. The first-order chi connectivity index (χ1) is 11.2. The van der Waals surface area contributed by atoms with Crippen LogP contribution in [-0.4, -0.2) is 22.5 Å². The molecule has 2 heterocycles. The molecule has 2 N–H and O–H groups in total. The molecule has 1 aromatic carbocycles. The molecule has 118 valence electrons. The highest BCUT2D eigenvalue weighted by molar-refractivity contribution is 5.92. The number of amides is 1. The molecule has 2 aromatic heterocycles. The number of nitrogens with one attached hydrogen (secondary N) is 2. The second kappa shape index (κ2) is 6.96. The number of benzene rings is 1. The molecule has 0 unspecified atom stereocenters. The minimum absolute atomic E-state index is 0.0920. The lowest BCUT2D eigenvalue weighted by molar-refractivity contribution is -0.115. The standard InChI is InChI=1S/C18H19N3O2/c1-2-9-23-15-5-6-17(20-12-15)21-18(22)11-13-3-4-14-7-8-19-16(14)10-13/h3-8,10,12,19H,2,9,11H2,1H3,(H,20,21,22). The molecule has 1 amide bonds. The molecule has 0 bridgehead atoms. The number of nitrogens with zero attached hydrogens (tertiary/aromatic N) is 1. The molecule has 23 heavy (non-hydrogen) atoms. The molecule has 0 atom stereocenters. The topological polar surface area (TPSA) is 67.0 Å². The SMILES string of the molecule is CCCOc1ccc(NC(=O)Cc2ccc3cc[nH]c3c2)nc1. The van der Waals surface area contributed by atoms with Gasteiger partial charge in [-0.05, 0) is 41.6 Å². The van der Waals surface area contributed by atoms with Crippen molar-refractivity contribution in [2.45, 2.75) is 19.8 Å². The number of aromatic nitrogens is 2. The number of H-pyrrole nitrogens is 1. The molecule has 3 rings (SSSR count). The van der Waals surface area contributed by atoms with Crippen LogP contribution in [0.15, 0.2) is 48.8 Å². The van der Waals surface area contributed by atoms with Crippen LogP contribution in [0.25, 0.3) is 10.9 Å². The normalized spacial score (nSPS) is 10.7. The van der Waals surface area contributed by atoms with E-state index in [0.717, 1.165) is 22.9 Å². The van der Waals surface area contributed by atoms with E-state index in [1.807, 2.05) is 43.5 Å². The van der Waals surface area contributed by atoms with Gasteiger partial charge in [-0.3, -0.25) is 4.79 Å². The predicted octanol–water partition coefficient (Wildman–Crippen LogP) is 3.53. The van der Waals surface area contributed by atoms with Gasteiger partial charge in [0, 0.05) is 11.7 Å². The minimum Gasteiger partial charge on any atom is -0.492 e. The third kappa shape index (κ3) is 3.88. The van der Waals surface area contributed by atoms with Crippen LogP contribution in [-0.2, 0) is 11.2 Å². The lowest BCUT2D eigenvalue weighted by atomic mass is 10.1. The Morgan fingerprint density at radius 2 is 2.17 bits per heavy atom. The Hall–Kier alpha value is -2.82. The van der Waals surface area contributed by atoms with Crippen molar-refractivity contribution in [3.8, 4) is 5.75 Å². The minimum atomic E-state index is -0.0920. The Morgan fingerprint density at radius 3 is 2.96 bits per heavy atom. The number of pyridine rings is 1. The second-order valence-electron chi connectivity index (χ2n) is 5.35. The van der Waals surface area contributed by atoms with Crippen LogP contribution in [0, 0.1) is 0 Å². The Labute approximate surface area is 134 Å². The van der Waals surface area contributed by atoms with Crippen LogP contribution in [0.4, 0.5) is 5.82 Å². The molecule has 0 saturated heterocycles. The lowest BCUT2D eigenvalue weighted by Crippen LogP contribution is -2.15. The smallest absolute Gasteiger partial charge is 0.229 e. The van der Waals surface area contributed by atoms with Crippen molar-refractivity contribution in [3.63, 3.8) is 0 Å². The van der Waals surface area contributed by atoms with Crippen LogP contribution in [0.5, 0.6) is 5.75 Å². The molecule has 0 aliphatic carbocycles. The van der Waals surface area contributed by atoms with E-state index in [1.54, 1.807) is 12.3 Å². The molecule has 3 aromatic rings. The first-order valence-electron chi connectivity index (χ1n) is 7.69. The highest BCUT2D eigenvalue weighted by Gasteiger charge is 2.06. The van der Waals surface area contributed by atoms with Crippen molar-refractivity contribution < 1.29 is 9.53 Å². The summed E-state index contributed by atoms with van der Waals surface area (Å²) < 4.78 is 5.47. The van der Waals surface area contributed by atoms with Gasteiger partial charge in [-0.15, -0.1) is 0 Å². The zero-order valence-corrected chi connectivity index (χ0v) is 13.0. The van der Waals surface area contributed by atoms with Gasteiger partial charge in [0.05, 0.1) is 19.2 Å². The summed E-state index contributed by atoms with van der Waals surface area (Å²) in [4.78, 5) is 19.5. The average Bonchev–Trinajstić information content (AvgIpc) is 3.02. The molecule has 5 nitrogen and oxygen atoms in total. The molecule has 5 heteroatoms. The number of rotatable bonds is 6. The van der Waals surface area contributed by atoms with Crippen molar-refractivity contribution in [1.82, 2.24) is 9.97 Å². The zero-order chi connectivity index (χ0) is 16.1. The number of anilines is 1. The number of carbonyl (C=O) groups is 1. The zero-order valence-electron chi connectivity index (χ0n) is 13.0. The summed E-state index contributed by atoms with van der Waals surface area (Å²) in [6, 6.07) is 11.5. The predicted molar refractivity (Wildman–Crippen MR) is 90.7 cm³/mol. The van der Waals surface area contributed by atoms with Crippen molar-refractivity contribution in [1.29, 1.82) is 0 Å². The van der Waals surface area contributed by atoms with Gasteiger partial charge in [-0.25, -0.2) is 4.98 Å². The number of aromatic amines is 1. The van der Waals surface area contributed by atoms with E-state index in [2.05, 4.69) is 15.3 Å². The van der Waals surface area contributed by atoms with Crippen molar-refractivity contribution in [2.24, 2.45) is 0 Å². The van der Waals surface area contributed by atoms with E-state index in [9.17, 15) is 4.79 Å². The molecule has 0 aliphatic heterocycles. The highest BCUT2D eigenvalue weighted by atomic mass is 16.5. The molecule has 0 spiro atoms. The van der Waals surface area contributed by atoms with Gasteiger partial charge in [-0.1, -0.05) is 19.1 Å². The van der Waals surface area contributed by atoms with E-state index in [4.69, 9.17) is 4.74 Å². The number of fused-ring (bicyclic) bond motifs is 1. The maximum Gasteiger partial charge on any atom is 0.229 e. The number of ether oxygens (including phenoxy) is 1. The van der Waals surface area contributed by atoms with Crippen LogP contribution < -0.4 is 10.1 Å². The van der Waals surface area contributed by atoms with E-state index >= 15 is 0 Å². The lowest BCUT2D eigenvalue weighted by Gasteiger charge is -2.07. The number of hydrogen-bond donors (Lipinski definition) is 2. The summed E-state index contributed by atoms with van der Waals surface area (Å²) in [7, 11) is 0. The first-order valence-corrected chi connectivity index (χ1v) is 7.69. The Morgan fingerprint density at radius 1 is 1.26 bits per heavy atom. The molecule has 0 aliphatic rings. The maximum absolute atomic E-state index is 12.1. The molecule has 0 saturated carbocycles. The fraction of sp³-hybridized carbons (Fsp3) is 0.222. The fourth-order valence-electron chi connectivity index (χ4n) is 2.34. The van der Waals surface area contributed by atoms with E-state index in [0.29, 0.717) is 24.6 Å². The molecule has 0 fully saturated rings. The third-order valence-electron chi connectivity index (χ3n) is 3.46. The fourth-order valence-corrected chi connectivity index (χ4v) is 2.34. The summed E-state index contributed by atoms with van der Waals surface area (Å²) in [6.07, 6.45) is 4.77. The first kappa shape index (κ1) is 15.1. The van der Waals surface area contributed by atoms with Crippen LogP contribution in [0.2, 0.25) is 0 Å².